The van der Waals surface area contributed by atoms with Gasteiger partial charge in [-0.3, -0.25) is 4.79 Å². The van der Waals surface area contributed by atoms with Crippen molar-refractivity contribution in [3.63, 3.8) is 0 Å². The maximum Gasteiger partial charge on any atom is 0.312 e. The lowest BCUT2D eigenvalue weighted by Crippen LogP contribution is -2.32. The third-order valence-corrected chi connectivity index (χ3v) is 4.13. The molecule has 0 amide bonds. The fraction of sp³-hybridized carbons (Fsp3) is 0.250. The van der Waals surface area contributed by atoms with Crippen molar-refractivity contribution in [1.82, 2.24) is 0 Å². The average molecular weight is 327 g/mol. The summed E-state index contributed by atoms with van der Waals surface area (Å²) in [5.41, 5.74) is 0.903. The summed E-state index contributed by atoms with van der Waals surface area (Å²) in [5, 5.41) is 0.594. The van der Waals surface area contributed by atoms with Gasteiger partial charge in [-0.05, 0) is 37.6 Å². The lowest BCUT2D eigenvalue weighted by atomic mass is 9.75. The summed E-state index contributed by atoms with van der Waals surface area (Å²) in [7, 11) is 1.39. The van der Waals surface area contributed by atoms with Gasteiger partial charge in [0.15, 0.2) is 0 Å². The molecule has 0 N–H and O–H groups in total. The zero-order valence-electron chi connectivity index (χ0n) is 13.5. The standard InChI is InChI=1S/C20H19ClO2/c1-20(2,19(22)23-3)17(16-11-7-8-12-18(16)21)14-13-15-9-5-4-6-10-15/h4-12,17H,1-3H3/t17-/m1/s1. The van der Waals surface area contributed by atoms with Crippen LogP contribution in [0.5, 0.6) is 0 Å². The molecule has 0 spiro atoms. The molecule has 2 aromatic rings. The fourth-order valence-corrected chi connectivity index (χ4v) is 2.66. The van der Waals surface area contributed by atoms with Gasteiger partial charge in [-0.1, -0.05) is 59.8 Å². The van der Waals surface area contributed by atoms with Crippen molar-refractivity contribution in [3.8, 4) is 11.8 Å². The predicted molar refractivity (Wildman–Crippen MR) is 93.3 cm³/mol. The Morgan fingerprint density at radius 3 is 2.30 bits per heavy atom. The Morgan fingerprint density at radius 1 is 1.09 bits per heavy atom. The van der Waals surface area contributed by atoms with E-state index in [0.29, 0.717) is 5.02 Å². The van der Waals surface area contributed by atoms with Crippen molar-refractivity contribution in [2.24, 2.45) is 5.41 Å². The molecule has 0 aromatic heterocycles. The van der Waals surface area contributed by atoms with Crippen LogP contribution in [0, 0.1) is 17.3 Å². The van der Waals surface area contributed by atoms with Gasteiger partial charge in [0.25, 0.3) is 0 Å². The van der Waals surface area contributed by atoms with Crippen molar-refractivity contribution in [2.75, 3.05) is 7.11 Å². The number of hydrogen-bond donors (Lipinski definition) is 0. The number of benzene rings is 2. The van der Waals surface area contributed by atoms with Crippen molar-refractivity contribution in [1.29, 1.82) is 0 Å². The van der Waals surface area contributed by atoms with Gasteiger partial charge >= 0.3 is 5.97 Å². The van der Waals surface area contributed by atoms with E-state index in [1.807, 2.05) is 62.4 Å². The summed E-state index contributed by atoms with van der Waals surface area (Å²) in [6, 6.07) is 17.1. The minimum Gasteiger partial charge on any atom is -0.469 e. The topological polar surface area (TPSA) is 26.3 Å². The van der Waals surface area contributed by atoms with Crippen molar-refractivity contribution >= 4 is 17.6 Å². The maximum atomic E-state index is 12.2. The number of hydrogen-bond acceptors (Lipinski definition) is 2. The third kappa shape index (κ3) is 3.94. The molecular formula is C20H19ClO2. The van der Waals surface area contributed by atoms with Crippen LogP contribution in [0.25, 0.3) is 0 Å². The number of methoxy groups -OCH3 is 1. The van der Waals surface area contributed by atoms with E-state index in [4.69, 9.17) is 16.3 Å². The van der Waals surface area contributed by atoms with E-state index in [0.717, 1.165) is 11.1 Å². The van der Waals surface area contributed by atoms with Crippen LogP contribution >= 0.6 is 11.6 Å². The first kappa shape index (κ1) is 17.1. The molecule has 118 valence electrons. The van der Waals surface area contributed by atoms with E-state index in [1.54, 1.807) is 6.07 Å². The first-order valence-corrected chi connectivity index (χ1v) is 7.74. The lowest BCUT2D eigenvalue weighted by molar-refractivity contribution is -0.151. The average Bonchev–Trinajstić information content (AvgIpc) is 2.56. The predicted octanol–water partition coefficient (Wildman–Crippen LogP) is 4.67. The van der Waals surface area contributed by atoms with Gasteiger partial charge in [-0.15, -0.1) is 0 Å². The number of carbonyl (C=O) groups is 1. The van der Waals surface area contributed by atoms with E-state index in [9.17, 15) is 4.79 Å². The molecule has 2 rings (SSSR count). The Hall–Kier alpha value is -2.24. The molecule has 0 radical (unpaired) electrons. The first-order chi connectivity index (χ1) is 11.0. The van der Waals surface area contributed by atoms with Gasteiger partial charge < -0.3 is 4.74 Å². The zero-order valence-corrected chi connectivity index (χ0v) is 14.2. The second kappa shape index (κ2) is 7.35. The SMILES string of the molecule is COC(=O)C(C)(C)[C@H](C#Cc1ccccc1)c1ccccc1Cl. The second-order valence-electron chi connectivity index (χ2n) is 5.80. The smallest absolute Gasteiger partial charge is 0.312 e. The molecule has 0 aliphatic rings. The van der Waals surface area contributed by atoms with E-state index >= 15 is 0 Å². The monoisotopic (exact) mass is 326 g/mol. The maximum absolute atomic E-state index is 12.2. The van der Waals surface area contributed by atoms with E-state index in [-0.39, 0.29) is 11.9 Å². The summed E-state index contributed by atoms with van der Waals surface area (Å²) < 4.78 is 4.96. The molecule has 0 fully saturated rings. The number of halogens is 1. The molecule has 1 atom stereocenters. The van der Waals surface area contributed by atoms with E-state index < -0.39 is 5.41 Å². The lowest BCUT2D eigenvalue weighted by Gasteiger charge is -2.29. The van der Waals surface area contributed by atoms with Crippen molar-refractivity contribution in [2.45, 2.75) is 19.8 Å². The van der Waals surface area contributed by atoms with Crippen LogP contribution in [0.15, 0.2) is 54.6 Å². The third-order valence-electron chi connectivity index (χ3n) is 3.78. The molecule has 0 unspecified atom stereocenters. The molecule has 23 heavy (non-hydrogen) atoms. The van der Waals surface area contributed by atoms with E-state index in [1.165, 1.54) is 7.11 Å². The quantitative estimate of drug-likeness (QED) is 0.605. The molecule has 2 nitrogen and oxygen atoms in total. The van der Waals surface area contributed by atoms with Gasteiger partial charge in [-0.25, -0.2) is 0 Å². The molecule has 0 aliphatic heterocycles. The molecular weight excluding hydrogens is 308 g/mol. The van der Waals surface area contributed by atoms with Gasteiger partial charge in [0, 0.05) is 10.6 Å². The van der Waals surface area contributed by atoms with E-state index in [2.05, 4.69) is 11.8 Å². The van der Waals surface area contributed by atoms with Gasteiger partial charge in [-0.2, -0.15) is 0 Å². The Balaban J connectivity index is 2.51. The highest BCUT2D eigenvalue weighted by Crippen LogP contribution is 2.39. The van der Waals surface area contributed by atoms with Gasteiger partial charge in [0.05, 0.1) is 18.4 Å². The number of rotatable bonds is 3. The van der Waals surface area contributed by atoms with Crippen LogP contribution < -0.4 is 0 Å². The number of carbonyl (C=O) groups excluding carboxylic acids is 1. The Morgan fingerprint density at radius 2 is 1.70 bits per heavy atom. The zero-order chi connectivity index (χ0) is 16.9. The summed E-state index contributed by atoms with van der Waals surface area (Å²) in [4.78, 5) is 12.2. The van der Waals surface area contributed by atoms with Crippen LogP contribution in [0.2, 0.25) is 5.02 Å². The Labute approximate surface area is 142 Å². The van der Waals surface area contributed by atoms with Crippen LogP contribution in [0.1, 0.15) is 30.9 Å². The highest BCUT2D eigenvalue weighted by molar-refractivity contribution is 6.31. The summed E-state index contributed by atoms with van der Waals surface area (Å²) in [6.07, 6.45) is 0. The summed E-state index contributed by atoms with van der Waals surface area (Å²) >= 11 is 6.33. The van der Waals surface area contributed by atoms with Crippen molar-refractivity contribution in [3.05, 3.63) is 70.7 Å². The number of esters is 1. The highest BCUT2D eigenvalue weighted by atomic mass is 35.5. The second-order valence-corrected chi connectivity index (χ2v) is 6.21. The highest BCUT2D eigenvalue weighted by Gasteiger charge is 2.38. The number of ether oxygens (including phenoxy) is 1. The molecule has 3 heteroatoms. The Bertz CT molecular complexity index is 739. The molecule has 2 aromatic carbocycles. The van der Waals surface area contributed by atoms with Crippen LogP contribution in [-0.2, 0) is 9.53 Å². The normalized spacial score (nSPS) is 12.0. The summed E-state index contributed by atoms with van der Waals surface area (Å²) in [5.74, 6) is 5.67. The largest absolute Gasteiger partial charge is 0.469 e. The van der Waals surface area contributed by atoms with Crippen LogP contribution in [-0.4, -0.2) is 13.1 Å². The molecule has 0 saturated carbocycles. The Kier molecular flexibility index (Phi) is 5.47. The first-order valence-electron chi connectivity index (χ1n) is 7.36. The van der Waals surface area contributed by atoms with Crippen molar-refractivity contribution < 1.29 is 9.53 Å². The molecule has 0 bridgehead atoms. The van der Waals surface area contributed by atoms with Crippen LogP contribution in [0.4, 0.5) is 0 Å². The molecule has 0 heterocycles. The molecule has 0 saturated heterocycles. The minimum absolute atomic E-state index is 0.315. The fourth-order valence-electron chi connectivity index (χ4n) is 2.41. The summed E-state index contributed by atoms with van der Waals surface area (Å²) in [6.45, 7) is 3.65. The minimum atomic E-state index is -0.818. The van der Waals surface area contributed by atoms with Gasteiger partial charge in [0.2, 0.25) is 0 Å². The van der Waals surface area contributed by atoms with Gasteiger partial charge in [0.1, 0.15) is 0 Å². The molecule has 0 aliphatic carbocycles. The van der Waals surface area contributed by atoms with Crippen LogP contribution in [0.3, 0.4) is 0 Å².